The fraction of sp³-hybridized carbons (Fsp3) is 0.837. The first-order valence-electron chi connectivity index (χ1n) is 23.6. The van der Waals surface area contributed by atoms with Crippen LogP contribution in [0, 0.1) is 0 Å². The minimum absolute atomic E-state index is 0.0532. The summed E-state index contributed by atoms with van der Waals surface area (Å²) in [5, 5.41) is 188. The Labute approximate surface area is 418 Å². The van der Waals surface area contributed by atoms with Crippen LogP contribution in [-0.2, 0) is 61.6 Å². The molecule has 0 spiro atoms. The number of rotatable bonds is 8. The molecule has 0 aromatic heterocycles. The number of hydrogen-bond donors (Lipinski definition) is 17. The van der Waals surface area contributed by atoms with Crippen LogP contribution in [0.2, 0.25) is 0 Å². The number of benzene rings is 1. The van der Waals surface area contributed by atoms with Gasteiger partial charge in [-0.1, -0.05) is 18.2 Å². The van der Waals surface area contributed by atoms with E-state index >= 15 is 0 Å². The van der Waals surface area contributed by atoms with Gasteiger partial charge in [-0.15, -0.1) is 0 Å². The average molecular weight is 1080 g/mol. The molecule has 1 aromatic rings. The second-order valence-corrected chi connectivity index (χ2v) is 18.6. The zero-order valence-electron chi connectivity index (χ0n) is 38.8. The van der Waals surface area contributed by atoms with Crippen molar-refractivity contribution in [1.29, 1.82) is 0 Å². The van der Waals surface area contributed by atoms with E-state index in [-0.39, 0.29) is 5.56 Å². The Bertz CT molecular complexity index is 1920. The quantitative estimate of drug-likeness (QED) is 0.108. The zero-order valence-corrected chi connectivity index (χ0v) is 38.8. The molecule has 22 aliphatic heterocycles. The van der Waals surface area contributed by atoms with E-state index in [9.17, 15) is 91.6 Å². The van der Waals surface area contributed by atoms with Crippen LogP contribution in [-0.4, -0.2) is 317 Å². The Balaban J connectivity index is 1.11. The highest BCUT2D eigenvalue weighted by molar-refractivity contribution is 5.89. The van der Waals surface area contributed by atoms with Gasteiger partial charge in [0.25, 0.3) is 0 Å². The van der Waals surface area contributed by atoms with Gasteiger partial charge in [-0.25, -0.2) is 4.79 Å². The molecule has 0 radical (unpaired) electrons. The first-order chi connectivity index (χ1) is 35.3. The van der Waals surface area contributed by atoms with E-state index in [4.69, 9.17) is 61.6 Å². The lowest BCUT2D eigenvalue weighted by molar-refractivity contribution is -0.404. The third-order valence-electron chi connectivity index (χ3n) is 13.9. The van der Waals surface area contributed by atoms with Crippen molar-refractivity contribution in [2.75, 3.05) is 39.6 Å². The van der Waals surface area contributed by atoms with Gasteiger partial charge < -0.3 is 148 Å². The summed E-state index contributed by atoms with van der Waals surface area (Å²) in [6.45, 7) is -5.93. The number of carbonyl (C=O) groups is 1. The van der Waals surface area contributed by atoms with E-state index in [0.29, 0.717) is 0 Å². The van der Waals surface area contributed by atoms with Crippen LogP contribution >= 0.6 is 0 Å². The van der Waals surface area contributed by atoms with E-state index in [1.807, 2.05) is 0 Å². The van der Waals surface area contributed by atoms with Crippen LogP contribution in [0.4, 0.5) is 0 Å². The van der Waals surface area contributed by atoms with Gasteiger partial charge in [-0.3, -0.25) is 0 Å². The SMILES string of the molecule is O=C(OC[C@H]1O[C@@H]2O[C@H]3[C@H](O)[C@@H](O)[C@@H](O[C@H]4[C@H](O)[C@@H](O)[C@@H](O[C@H]5[C@H](O)[C@@H](O)[C@@H](O[C@H]6[C@H](O)[C@@H](O)[C@@H](O[C@H]7[C@H](O)[C@@H](O)[C@@H](O[C@H]1[C@H](O)[C@H]2O)O[C@@H]7CO)O[C@@H]6CO)O[C@@H]5CO)O[C@@H]4CO)O[C@@H]3CO)c1ccccc1. The Hall–Kier alpha value is -2.47. The number of aliphatic hydroxyl groups is 17. The monoisotopic (exact) mass is 1080 g/mol. The lowest BCUT2D eigenvalue weighted by Crippen LogP contribution is -2.69. The number of esters is 1. The molecule has 12 bridgehead atoms. The highest BCUT2D eigenvalue weighted by Gasteiger charge is 2.59. The molecule has 31 nitrogen and oxygen atoms in total. The van der Waals surface area contributed by atoms with Gasteiger partial charge in [0.05, 0.1) is 38.6 Å². The fourth-order valence-electron chi connectivity index (χ4n) is 9.73. The summed E-state index contributed by atoms with van der Waals surface area (Å²) in [7, 11) is 0. The van der Waals surface area contributed by atoms with Crippen molar-refractivity contribution in [3.05, 3.63) is 35.9 Å². The summed E-state index contributed by atoms with van der Waals surface area (Å²) >= 11 is 0. The molecular weight excluding hydrogens is 1010 g/mol. The second kappa shape index (κ2) is 24.7. The molecular formula is C43H64O31. The van der Waals surface area contributed by atoms with Crippen LogP contribution < -0.4 is 0 Å². The van der Waals surface area contributed by atoms with Crippen LogP contribution in [0.25, 0.3) is 0 Å². The fourth-order valence-corrected chi connectivity index (χ4v) is 9.73. The first kappa shape index (κ1) is 57.7. The largest absolute Gasteiger partial charge is 0.459 e. The predicted octanol–water partition coefficient (Wildman–Crippen LogP) is -11.2. The smallest absolute Gasteiger partial charge is 0.338 e. The molecule has 74 heavy (non-hydrogen) atoms. The zero-order chi connectivity index (χ0) is 53.4. The lowest BCUT2D eigenvalue weighted by atomic mass is 9.94. The molecule has 22 heterocycles. The normalized spacial score (nSPS) is 50.5. The Morgan fingerprint density at radius 1 is 0.324 bits per heavy atom. The van der Waals surface area contributed by atoms with E-state index in [0.717, 1.165) is 0 Å². The van der Waals surface area contributed by atoms with Crippen molar-refractivity contribution in [2.45, 2.75) is 184 Å². The van der Waals surface area contributed by atoms with E-state index in [1.165, 1.54) is 24.3 Å². The summed E-state index contributed by atoms with van der Waals surface area (Å²) in [6.07, 6.45) is -59.7. The molecule has 0 saturated carbocycles. The Kier molecular flexibility index (Phi) is 19.2. The van der Waals surface area contributed by atoms with Gasteiger partial charge in [0, 0.05) is 0 Å². The highest BCUT2D eigenvalue weighted by Crippen LogP contribution is 2.38. The minimum atomic E-state index is -2.21. The molecule has 17 N–H and O–H groups in total. The maximum atomic E-state index is 13.1. The summed E-state index contributed by atoms with van der Waals surface area (Å²) < 4.78 is 74.5. The van der Waals surface area contributed by atoms with Crippen LogP contribution in [0.5, 0.6) is 0 Å². The second-order valence-electron chi connectivity index (χ2n) is 18.6. The van der Waals surface area contributed by atoms with Gasteiger partial charge in [0.15, 0.2) is 37.7 Å². The van der Waals surface area contributed by atoms with Gasteiger partial charge in [0.2, 0.25) is 0 Å². The average Bonchev–Trinajstić information content (AvgIpc) is 3.40. The van der Waals surface area contributed by atoms with Gasteiger partial charge >= 0.3 is 5.97 Å². The predicted molar refractivity (Wildman–Crippen MR) is 225 cm³/mol. The minimum Gasteiger partial charge on any atom is -0.459 e. The molecule has 23 rings (SSSR count). The molecule has 0 aliphatic carbocycles. The van der Waals surface area contributed by atoms with Crippen LogP contribution in [0.3, 0.4) is 0 Å². The van der Waals surface area contributed by atoms with Crippen LogP contribution in [0.15, 0.2) is 30.3 Å². The van der Waals surface area contributed by atoms with Gasteiger partial charge in [-0.2, -0.15) is 0 Å². The molecule has 22 aliphatic rings. The molecule has 22 fully saturated rings. The molecule has 0 unspecified atom stereocenters. The van der Waals surface area contributed by atoms with Crippen molar-refractivity contribution in [1.82, 2.24) is 0 Å². The molecule has 30 atom stereocenters. The molecule has 422 valence electrons. The molecule has 0 amide bonds. The van der Waals surface area contributed by atoms with Crippen molar-refractivity contribution >= 4 is 5.97 Å². The molecule has 22 saturated heterocycles. The molecule has 1 aromatic carbocycles. The highest BCUT2D eigenvalue weighted by atomic mass is 16.8. The first-order valence-corrected chi connectivity index (χ1v) is 23.6. The van der Waals surface area contributed by atoms with Gasteiger partial charge in [0.1, 0.15) is 153 Å². The Morgan fingerprint density at radius 3 is 0.770 bits per heavy atom. The number of ether oxygens (including phenoxy) is 13. The summed E-state index contributed by atoms with van der Waals surface area (Å²) in [4.78, 5) is 13.1. The van der Waals surface area contributed by atoms with E-state index in [2.05, 4.69) is 0 Å². The number of aliphatic hydroxyl groups excluding tert-OH is 17. The maximum Gasteiger partial charge on any atom is 0.338 e. The third kappa shape index (κ3) is 11.5. The lowest BCUT2D eigenvalue weighted by Gasteiger charge is -2.50. The standard InChI is InChI=1S/C43H64O31/c44-6-13-31-19(49)25(55)38(63-13)70-32-14(7-45)65-40(27(57)21(32)51)72-34-16(9-47)67-42(29(59)23(34)53)74-36-18(11-62-37(61)12-4-2-1-3-5-12)68-43(30(60)24(36)54)73-35-17(10-48)66-41(28(58)22(35)52)71-33-15(8-46)64-39(69-31)26(56)20(33)50/h1-5,13-36,38-60H,6-11H2/t13-,14-,15-,16-,17-,18-,19-,20-,21-,22-,23-,24-,25-,26-,27-,28-,29-,30-,31-,32-,33-,34-,35-,36-,38-,39-,40-,41-,42-,43-/m1/s1. The molecule has 31 heteroatoms. The van der Waals surface area contributed by atoms with Crippen LogP contribution in [0.1, 0.15) is 10.4 Å². The number of hydrogen-bond acceptors (Lipinski definition) is 31. The van der Waals surface area contributed by atoms with Crippen molar-refractivity contribution in [3.63, 3.8) is 0 Å². The topological polar surface area (TPSA) is 481 Å². The third-order valence-corrected chi connectivity index (χ3v) is 13.9. The van der Waals surface area contributed by atoms with E-state index < -0.39 is 230 Å². The number of carbonyl (C=O) groups excluding carboxylic acids is 1. The van der Waals surface area contributed by atoms with Gasteiger partial charge in [-0.05, 0) is 12.1 Å². The summed E-state index contributed by atoms with van der Waals surface area (Å²) in [5.74, 6) is -0.928. The van der Waals surface area contributed by atoms with Crippen molar-refractivity contribution in [2.24, 2.45) is 0 Å². The Morgan fingerprint density at radius 2 is 0.541 bits per heavy atom. The van der Waals surface area contributed by atoms with Crippen molar-refractivity contribution in [3.8, 4) is 0 Å². The summed E-state index contributed by atoms with van der Waals surface area (Å²) in [5.41, 5.74) is 0.0532. The summed E-state index contributed by atoms with van der Waals surface area (Å²) in [6, 6.07) is 7.49. The maximum absolute atomic E-state index is 13.1. The van der Waals surface area contributed by atoms with Crippen molar-refractivity contribution < 1.29 is 153 Å². The van der Waals surface area contributed by atoms with E-state index in [1.54, 1.807) is 6.07 Å².